The molecule has 4 rings (SSSR count). The molecule has 2 aromatic carbocycles. The second kappa shape index (κ2) is 9.82. The van der Waals surface area contributed by atoms with Gasteiger partial charge in [-0.1, -0.05) is 18.2 Å². The molecule has 1 fully saturated rings. The van der Waals surface area contributed by atoms with Crippen LogP contribution in [0.25, 0.3) is 0 Å². The average molecular weight is 411 g/mol. The molecule has 0 bridgehead atoms. The maximum absolute atomic E-state index is 6.21. The molecular weight excluding hydrogens is 376 g/mol. The summed E-state index contributed by atoms with van der Waals surface area (Å²) in [6.07, 6.45) is 1.05. The average Bonchev–Trinajstić information content (AvgIpc) is 2.77. The lowest BCUT2D eigenvalue weighted by Crippen LogP contribution is -2.37. The molecule has 2 aliphatic rings. The van der Waals surface area contributed by atoms with Gasteiger partial charge in [-0.3, -0.25) is 4.90 Å². The van der Waals surface area contributed by atoms with Gasteiger partial charge < -0.3 is 19.1 Å². The highest BCUT2D eigenvalue weighted by atomic mass is 16.5. The van der Waals surface area contributed by atoms with Crippen molar-refractivity contribution < 1.29 is 14.2 Å². The van der Waals surface area contributed by atoms with Crippen LogP contribution in [0.3, 0.4) is 0 Å². The van der Waals surface area contributed by atoms with Crippen LogP contribution in [0.5, 0.6) is 11.5 Å². The molecular formula is C25H34N2O3. The Morgan fingerprint density at radius 2 is 1.87 bits per heavy atom. The van der Waals surface area contributed by atoms with Gasteiger partial charge in [0.15, 0.2) is 0 Å². The fourth-order valence-electron chi connectivity index (χ4n) is 4.55. The molecule has 2 aliphatic heterocycles. The minimum atomic E-state index is 0.374. The quantitative estimate of drug-likeness (QED) is 0.651. The van der Waals surface area contributed by atoms with Crippen LogP contribution in [-0.2, 0) is 11.3 Å². The van der Waals surface area contributed by atoms with Gasteiger partial charge in [-0.2, -0.15) is 0 Å². The number of aryl methyl sites for hydroxylation is 1. The zero-order valence-electron chi connectivity index (χ0n) is 18.5. The Hall–Kier alpha value is -2.08. The predicted molar refractivity (Wildman–Crippen MR) is 120 cm³/mol. The van der Waals surface area contributed by atoms with Crippen molar-refractivity contribution in [3.05, 3.63) is 58.7 Å². The van der Waals surface area contributed by atoms with E-state index in [0.717, 1.165) is 70.5 Å². The Morgan fingerprint density at radius 1 is 1.10 bits per heavy atom. The van der Waals surface area contributed by atoms with Gasteiger partial charge in [0, 0.05) is 38.6 Å². The number of methoxy groups -OCH3 is 1. The molecule has 0 aromatic heterocycles. The topological polar surface area (TPSA) is 34.2 Å². The van der Waals surface area contributed by atoms with Crippen molar-refractivity contribution in [1.29, 1.82) is 0 Å². The highest BCUT2D eigenvalue weighted by molar-refractivity contribution is 5.48. The van der Waals surface area contributed by atoms with Crippen molar-refractivity contribution in [3.63, 3.8) is 0 Å². The third-order valence-corrected chi connectivity index (χ3v) is 6.24. The minimum Gasteiger partial charge on any atom is -0.497 e. The molecule has 1 atom stereocenters. The van der Waals surface area contributed by atoms with E-state index < -0.39 is 0 Å². The number of likely N-dealkylation sites (N-methyl/N-ethyl adjacent to an activating group) is 1. The van der Waals surface area contributed by atoms with Crippen LogP contribution in [0.1, 0.15) is 34.6 Å². The summed E-state index contributed by atoms with van der Waals surface area (Å²) in [7, 11) is 3.91. The Kier molecular flexibility index (Phi) is 6.93. The molecule has 5 heteroatoms. The number of benzene rings is 2. The lowest BCUT2D eigenvalue weighted by molar-refractivity contribution is 0.0358. The van der Waals surface area contributed by atoms with Gasteiger partial charge in [-0.05, 0) is 60.8 Å². The molecule has 2 aromatic rings. The van der Waals surface area contributed by atoms with Gasteiger partial charge in [-0.15, -0.1) is 0 Å². The SMILES string of the molecule is COc1ccc(C2CN(C)Cc3cc(OCCCN4CCOCC4)c(C)cc32)cc1. The largest absolute Gasteiger partial charge is 0.497 e. The molecule has 0 N–H and O–H groups in total. The number of hydrogen-bond acceptors (Lipinski definition) is 5. The van der Waals surface area contributed by atoms with Gasteiger partial charge >= 0.3 is 0 Å². The maximum atomic E-state index is 6.21. The van der Waals surface area contributed by atoms with Gasteiger partial charge in [0.05, 0.1) is 26.9 Å². The Labute approximate surface area is 180 Å². The van der Waals surface area contributed by atoms with Crippen molar-refractivity contribution in [3.8, 4) is 11.5 Å². The van der Waals surface area contributed by atoms with E-state index in [1.54, 1.807) is 7.11 Å². The third-order valence-electron chi connectivity index (χ3n) is 6.24. The van der Waals surface area contributed by atoms with E-state index in [0.29, 0.717) is 5.92 Å². The lowest BCUT2D eigenvalue weighted by Gasteiger charge is -2.33. The second-order valence-corrected chi connectivity index (χ2v) is 8.50. The summed E-state index contributed by atoms with van der Waals surface area (Å²) in [4.78, 5) is 4.86. The first-order valence-corrected chi connectivity index (χ1v) is 11.0. The summed E-state index contributed by atoms with van der Waals surface area (Å²) in [5.41, 5.74) is 5.36. The molecule has 1 unspecified atom stereocenters. The number of rotatable bonds is 7. The highest BCUT2D eigenvalue weighted by Gasteiger charge is 2.26. The van der Waals surface area contributed by atoms with Crippen LogP contribution in [0.4, 0.5) is 0 Å². The first-order chi connectivity index (χ1) is 14.6. The number of nitrogens with zero attached hydrogens (tertiary/aromatic N) is 2. The highest BCUT2D eigenvalue weighted by Crippen LogP contribution is 2.37. The normalized spacial score (nSPS) is 20.0. The summed E-state index contributed by atoms with van der Waals surface area (Å²) in [6, 6.07) is 13.1. The smallest absolute Gasteiger partial charge is 0.122 e. The molecule has 30 heavy (non-hydrogen) atoms. The fourth-order valence-corrected chi connectivity index (χ4v) is 4.55. The van der Waals surface area contributed by atoms with E-state index >= 15 is 0 Å². The Balaban J connectivity index is 1.44. The van der Waals surface area contributed by atoms with E-state index in [9.17, 15) is 0 Å². The summed E-state index contributed by atoms with van der Waals surface area (Å²) in [5.74, 6) is 2.30. The molecule has 1 saturated heterocycles. The van der Waals surface area contributed by atoms with Crippen molar-refractivity contribution in [2.24, 2.45) is 0 Å². The summed E-state index contributed by atoms with van der Waals surface area (Å²) in [6.45, 7) is 9.78. The standard InChI is InChI=1S/C25H34N2O3/c1-19-15-23-21(16-25(19)30-12-4-9-27-10-13-29-14-11-27)17-26(2)18-24(23)20-5-7-22(28-3)8-6-20/h5-8,15-16,24H,4,9-14,17-18H2,1-3H3. The van der Waals surface area contributed by atoms with Gasteiger partial charge in [0.2, 0.25) is 0 Å². The predicted octanol–water partition coefficient (Wildman–Crippen LogP) is 3.68. The van der Waals surface area contributed by atoms with E-state index in [-0.39, 0.29) is 0 Å². The van der Waals surface area contributed by atoms with Crippen molar-refractivity contribution in [1.82, 2.24) is 9.80 Å². The molecule has 0 radical (unpaired) electrons. The first-order valence-electron chi connectivity index (χ1n) is 11.0. The van der Waals surface area contributed by atoms with Crippen molar-refractivity contribution >= 4 is 0 Å². The maximum Gasteiger partial charge on any atom is 0.122 e. The number of morpholine rings is 1. The van der Waals surface area contributed by atoms with E-state index in [2.05, 4.69) is 60.2 Å². The van der Waals surface area contributed by atoms with Gasteiger partial charge in [0.1, 0.15) is 11.5 Å². The Morgan fingerprint density at radius 3 is 2.60 bits per heavy atom. The van der Waals surface area contributed by atoms with Crippen LogP contribution in [0, 0.1) is 6.92 Å². The van der Waals surface area contributed by atoms with Gasteiger partial charge in [0.25, 0.3) is 0 Å². The molecule has 0 spiro atoms. The molecule has 0 saturated carbocycles. The summed E-state index contributed by atoms with van der Waals surface area (Å²) in [5, 5.41) is 0. The summed E-state index contributed by atoms with van der Waals surface area (Å²) >= 11 is 0. The van der Waals surface area contributed by atoms with Gasteiger partial charge in [-0.25, -0.2) is 0 Å². The van der Waals surface area contributed by atoms with E-state index in [1.807, 2.05) is 0 Å². The third kappa shape index (κ3) is 4.97. The van der Waals surface area contributed by atoms with Crippen LogP contribution in [-0.4, -0.2) is 70.0 Å². The molecule has 0 aliphatic carbocycles. The van der Waals surface area contributed by atoms with Crippen LogP contribution >= 0.6 is 0 Å². The number of ether oxygens (including phenoxy) is 3. The van der Waals surface area contributed by atoms with Crippen molar-refractivity contribution in [2.45, 2.75) is 25.8 Å². The van der Waals surface area contributed by atoms with Crippen LogP contribution in [0.15, 0.2) is 36.4 Å². The molecule has 162 valence electrons. The molecule has 5 nitrogen and oxygen atoms in total. The minimum absolute atomic E-state index is 0.374. The Bertz CT molecular complexity index is 831. The number of fused-ring (bicyclic) bond motifs is 1. The van der Waals surface area contributed by atoms with E-state index in [1.165, 1.54) is 22.3 Å². The fraction of sp³-hybridized carbons (Fsp3) is 0.520. The molecule has 2 heterocycles. The molecule has 0 amide bonds. The van der Waals surface area contributed by atoms with Crippen molar-refractivity contribution in [2.75, 3.05) is 60.2 Å². The lowest BCUT2D eigenvalue weighted by atomic mass is 9.83. The second-order valence-electron chi connectivity index (χ2n) is 8.50. The monoisotopic (exact) mass is 410 g/mol. The first kappa shape index (κ1) is 21.2. The van der Waals surface area contributed by atoms with Crippen LogP contribution < -0.4 is 9.47 Å². The zero-order valence-corrected chi connectivity index (χ0v) is 18.5. The summed E-state index contributed by atoms with van der Waals surface area (Å²) < 4.78 is 17.0. The zero-order chi connectivity index (χ0) is 20.9. The number of hydrogen-bond donors (Lipinski definition) is 0. The van der Waals surface area contributed by atoms with E-state index in [4.69, 9.17) is 14.2 Å². The van der Waals surface area contributed by atoms with Crippen LogP contribution in [0.2, 0.25) is 0 Å².